The number of thioether (sulfide) groups is 1. The Morgan fingerprint density at radius 3 is 2.67 bits per heavy atom. The molecular weight excluding hydrogens is 362 g/mol. The summed E-state index contributed by atoms with van der Waals surface area (Å²) in [5, 5.41) is 13.2. The molecule has 0 spiro atoms. The molecule has 7 heteroatoms. The predicted molar refractivity (Wildman–Crippen MR) is 107 cm³/mol. The van der Waals surface area contributed by atoms with Crippen molar-refractivity contribution in [3.63, 3.8) is 0 Å². The molecule has 1 aliphatic rings. The maximum absolute atomic E-state index is 12.3. The number of nitrogens with zero attached hydrogens (tertiary/aromatic N) is 2. The number of carboxylic acid groups (broad SMARTS) is 1. The molecule has 2 aromatic carbocycles. The van der Waals surface area contributed by atoms with E-state index in [0.29, 0.717) is 15.8 Å². The number of rotatable bonds is 3. The Morgan fingerprint density at radius 2 is 1.93 bits per heavy atom. The van der Waals surface area contributed by atoms with E-state index in [2.05, 4.69) is 10.3 Å². The van der Waals surface area contributed by atoms with Crippen LogP contribution in [0.15, 0.2) is 64.6 Å². The maximum atomic E-state index is 12.3. The first-order chi connectivity index (χ1) is 13.0. The number of hydrogen-bond donors (Lipinski definition) is 2. The SMILES string of the molecule is Cn1cc(C=C2SC(=Nc3ccc(C(=O)O)cc3)NC2=O)c2ccccc21. The normalized spacial score (nSPS) is 17.0. The van der Waals surface area contributed by atoms with Crippen LogP contribution >= 0.6 is 11.8 Å². The van der Waals surface area contributed by atoms with Gasteiger partial charge in [-0.25, -0.2) is 9.79 Å². The number of benzene rings is 2. The van der Waals surface area contributed by atoms with E-state index >= 15 is 0 Å². The van der Waals surface area contributed by atoms with Gasteiger partial charge < -0.3 is 15.0 Å². The van der Waals surface area contributed by atoms with Crippen molar-refractivity contribution in [3.05, 3.63) is 70.8 Å². The number of aryl methyl sites for hydroxylation is 1. The van der Waals surface area contributed by atoms with E-state index in [-0.39, 0.29) is 11.5 Å². The van der Waals surface area contributed by atoms with Gasteiger partial charge in [0.2, 0.25) is 0 Å². The number of amidine groups is 1. The largest absolute Gasteiger partial charge is 0.478 e. The average Bonchev–Trinajstić information content (AvgIpc) is 3.16. The fourth-order valence-corrected chi connectivity index (χ4v) is 3.74. The van der Waals surface area contributed by atoms with Gasteiger partial charge in [-0.1, -0.05) is 18.2 Å². The second-order valence-electron chi connectivity index (χ2n) is 6.05. The predicted octanol–water partition coefficient (Wildman–Crippen LogP) is 3.77. The molecule has 0 aliphatic carbocycles. The molecule has 4 rings (SSSR count). The highest BCUT2D eigenvalue weighted by molar-refractivity contribution is 8.18. The summed E-state index contributed by atoms with van der Waals surface area (Å²) in [5.41, 5.74) is 2.84. The van der Waals surface area contributed by atoms with E-state index in [1.165, 1.54) is 23.9 Å². The van der Waals surface area contributed by atoms with Gasteiger partial charge in [0.1, 0.15) is 0 Å². The van der Waals surface area contributed by atoms with Crippen LogP contribution in [0, 0.1) is 0 Å². The zero-order valence-electron chi connectivity index (χ0n) is 14.3. The quantitative estimate of drug-likeness (QED) is 0.681. The number of aromatic carboxylic acids is 1. The number of para-hydroxylation sites is 1. The summed E-state index contributed by atoms with van der Waals surface area (Å²) in [6, 6.07) is 14.2. The van der Waals surface area contributed by atoms with Gasteiger partial charge in [0, 0.05) is 29.7 Å². The molecule has 2 N–H and O–H groups in total. The number of hydrogen-bond acceptors (Lipinski definition) is 4. The molecule has 3 aromatic rings. The molecule has 0 bridgehead atoms. The summed E-state index contributed by atoms with van der Waals surface area (Å²) >= 11 is 1.26. The van der Waals surface area contributed by atoms with Crippen molar-refractivity contribution in [1.82, 2.24) is 9.88 Å². The molecule has 0 unspecified atom stereocenters. The lowest BCUT2D eigenvalue weighted by atomic mass is 10.1. The number of carboxylic acids is 1. The number of aliphatic imine (C=N–C) groups is 1. The van der Waals surface area contributed by atoms with Gasteiger partial charge in [-0.05, 0) is 48.2 Å². The lowest BCUT2D eigenvalue weighted by Crippen LogP contribution is -2.19. The van der Waals surface area contributed by atoms with Crippen molar-refractivity contribution < 1.29 is 14.7 Å². The van der Waals surface area contributed by atoms with Crippen molar-refractivity contribution in [1.29, 1.82) is 0 Å². The molecule has 1 fully saturated rings. The van der Waals surface area contributed by atoms with Crippen LogP contribution in [0.4, 0.5) is 5.69 Å². The van der Waals surface area contributed by atoms with Crippen LogP contribution in [0.5, 0.6) is 0 Å². The van der Waals surface area contributed by atoms with Crippen molar-refractivity contribution in [3.8, 4) is 0 Å². The van der Waals surface area contributed by atoms with Crippen molar-refractivity contribution in [2.75, 3.05) is 0 Å². The zero-order chi connectivity index (χ0) is 19.0. The third kappa shape index (κ3) is 3.37. The summed E-state index contributed by atoms with van der Waals surface area (Å²) in [6.45, 7) is 0. The number of aromatic nitrogens is 1. The van der Waals surface area contributed by atoms with E-state index < -0.39 is 5.97 Å². The third-order valence-electron chi connectivity index (χ3n) is 4.21. The fraction of sp³-hybridized carbons (Fsp3) is 0.0500. The standard InChI is InChI=1S/C20H15N3O3S/c1-23-11-13(15-4-2-3-5-16(15)23)10-17-18(24)22-20(27-17)21-14-8-6-12(7-9-14)19(25)26/h2-11H,1H3,(H,25,26)(H,21,22,24). The molecule has 1 amide bonds. The van der Waals surface area contributed by atoms with Gasteiger partial charge in [0.25, 0.3) is 5.91 Å². The molecule has 27 heavy (non-hydrogen) atoms. The summed E-state index contributed by atoms with van der Waals surface area (Å²) in [5.74, 6) is -1.19. The smallest absolute Gasteiger partial charge is 0.335 e. The maximum Gasteiger partial charge on any atom is 0.335 e. The lowest BCUT2D eigenvalue weighted by molar-refractivity contribution is -0.115. The highest BCUT2D eigenvalue weighted by atomic mass is 32.2. The molecular formula is C20H15N3O3S. The van der Waals surface area contributed by atoms with Gasteiger partial charge in [-0.3, -0.25) is 4.79 Å². The summed E-state index contributed by atoms with van der Waals surface area (Å²) in [6.07, 6.45) is 3.85. The molecule has 0 radical (unpaired) electrons. The van der Waals surface area contributed by atoms with E-state index in [1.54, 1.807) is 12.1 Å². The Morgan fingerprint density at radius 1 is 1.19 bits per heavy atom. The van der Waals surface area contributed by atoms with Gasteiger partial charge in [0.05, 0.1) is 16.2 Å². The van der Waals surface area contributed by atoms with Crippen LogP contribution in [0.25, 0.3) is 17.0 Å². The highest BCUT2D eigenvalue weighted by Gasteiger charge is 2.24. The van der Waals surface area contributed by atoms with E-state index in [9.17, 15) is 9.59 Å². The van der Waals surface area contributed by atoms with E-state index in [1.807, 2.05) is 48.2 Å². The minimum atomic E-state index is -0.988. The third-order valence-corrected chi connectivity index (χ3v) is 5.12. The Balaban J connectivity index is 1.62. The van der Waals surface area contributed by atoms with E-state index in [0.717, 1.165) is 16.5 Å². The topological polar surface area (TPSA) is 83.7 Å². The van der Waals surface area contributed by atoms with E-state index in [4.69, 9.17) is 5.11 Å². The van der Waals surface area contributed by atoms with Crippen LogP contribution in [0.2, 0.25) is 0 Å². The first kappa shape index (κ1) is 17.1. The van der Waals surface area contributed by atoms with Crippen LogP contribution in [0.3, 0.4) is 0 Å². The van der Waals surface area contributed by atoms with Gasteiger partial charge in [0.15, 0.2) is 5.17 Å². The first-order valence-electron chi connectivity index (χ1n) is 8.18. The Kier molecular flexibility index (Phi) is 4.29. The molecule has 0 atom stereocenters. The number of amides is 1. The van der Waals surface area contributed by atoms with Crippen LogP contribution in [-0.2, 0) is 11.8 Å². The van der Waals surface area contributed by atoms with Crippen molar-refractivity contribution in [2.24, 2.45) is 12.0 Å². The Labute approximate surface area is 159 Å². The van der Waals surface area contributed by atoms with Crippen LogP contribution in [-0.4, -0.2) is 26.7 Å². The second kappa shape index (κ2) is 6.77. The highest BCUT2D eigenvalue weighted by Crippen LogP contribution is 2.30. The van der Waals surface area contributed by atoms with Gasteiger partial charge in [-0.15, -0.1) is 0 Å². The number of nitrogens with one attached hydrogen (secondary N) is 1. The lowest BCUT2D eigenvalue weighted by Gasteiger charge is -1.97. The molecule has 1 aromatic heterocycles. The zero-order valence-corrected chi connectivity index (χ0v) is 15.2. The Bertz CT molecular complexity index is 1130. The monoisotopic (exact) mass is 377 g/mol. The number of carbonyl (C=O) groups is 2. The minimum Gasteiger partial charge on any atom is -0.478 e. The molecule has 0 saturated carbocycles. The van der Waals surface area contributed by atoms with Crippen molar-refractivity contribution >= 4 is 51.5 Å². The van der Waals surface area contributed by atoms with Crippen LogP contribution in [0.1, 0.15) is 15.9 Å². The second-order valence-corrected chi connectivity index (χ2v) is 7.08. The van der Waals surface area contributed by atoms with Gasteiger partial charge in [-0.2, -0.15) is 0 Å². The fourth-order valence-electron chi connectivity index (χ4n) is 2.91. The molecule has 1 saturated heterocycles. The summed E-state index contributed by atoms with van der Waals surface area (Å²) in [7, 11) is 1.97. The minimum absolute atomic E-state index is 0.193. The number of carbonyl (C=O) groups excluding carboxylic acids is 1. The van der Waals surface area contributed by atoms with Crippen LogP contribution < -0.4 is 5.32 Å². The molecule has 134 valence electrons. The summed E-state index contributed by atoms with van der Waals surface area (Å²) < 4.78 is 2.03. The average molecular weight is 377 g/mol. The Hall–Kier alpha value is -3.32. The van der Waals surface area contributed by atoms with Gasteiger partial charge >= 0.3 is 5.97 Å². The van der Waals surface area contributed by atoms with Crippen molar-refractivity contribution in [2.45, 2.75) is 0 Å². The molecule has 2 heterocycles. The summed E-state index contributed by atoms with van der Waals surface area (Å²) in [4.78, 5) is 28.1. The first-order valence-corrected chi connectivity index (χ1v) is 9.00. The molecule has 1 aliphatic heterocycles. The number of fused-ring (bicyclic) bond motifs is 1. The molecule has 6 nitrogen and oxygen atoms in total.